The fourth-order valence-corrected chi connectivity index (χ4v) is 3.06. The second-order valence-electron chi connectivity index (χ2n) is 7.93. The predicted octanol–water partition coefficient (Wildman–Crippen LogP) is 10.1. The first kappa shape index (κ1) is 34.8. The molecule has 0 unspecified atom stereocenters. The zero-order valence-corrected chi connectivity index (χ0v) is 22.9. The van der Waals surface area contributed by atoms with Crippen LogP contribution in [0.25, 0.3) is 12.2 Å². The Hall–Kier alpha value is -4.38. The summed E-state index contributed by atoms with van der Waals surface area (Å²) in [7, 11) is -1.00. The van der Waals surface area contributed by atoms with Crippen molar-refractivity contribution in [3.63, 3.8) is 0 Å². The molecule has 0 saturated carbocycles. The molecule has 4 aromatic carbocycles. The van der Waals surface area contributed by atoms with E-state index >= 15 is 0 Å². The summed E-state index contributed by atoms with van der Waals surface area (Å²) in [4.78, 5) is 0. The van der Waals surface area contributed by atoms with Gasteiger partial charge >= 0.3 is 0 Å². The number of ether oxygens (including phenoxy) is 1. The standard InChI is InChI=1S/C15H10F4O.C9H9Cl.C6H2F4O.CH3F/c1-2-9-3-5-10(6-4-9)8-20-15-13(18)11(16)7-12(17)14(15)19;1-2-8-3-5-9(7-10)6-4-8;7-2-1-3(8)5(10)6(11)4(2)9;1-2/h2-7H,1,8H2;2-6H,1,7H2;1,11H;1H3/i;;;1D. The number of phenolic OH excluding ortho intramolecular Hbond substituents is 1. The molecule has 43 heavy (non-hydrogen) atoms. The molecule has 2 nitrogen and oxygen atoms in total. The van der Waals surface area contributed by atoms with Gasteiger partial charge in [0.15, 0.2) is 34.8 Å². The van der Waals surface area contributed by atoms with E-state index in [4.69, 9.17) is 22.8 Å². The van der Waals surface area contributed by atoms with E-state index in [-0.39, 0.29) is 18.7 Å². The Morgan fingerprint density at radius 1 is 0.698 bits per heavy atom. The Kier molecular flexibility index (Phi) is 14.8. The lowest BCUT2D eigenvalue weighted by molar-refractivity contribution is 0.261. The van der Waals surface area contributed by atoms with Gasteiger partial charge in [0.05, 0.1) is 8.52 Å². The van der Waals surface area contributed by atoms with Gasteiger partial charge in [-0.15, -0.1) is 11.6 Å². The molecule has 4 rings (SSSR count). The van der Waals surface area contributed by atoms with E-state index in [0.29, 0.717) is 11.4 Å². The zero-order valence-electron chi connectivity index (χ0n) is 23.1. The topological polar surface area (TPSA) is 29.5 Å². The molecular weight excluding hydrogens is 611 g/mol. The zero-order chi connectivity index (χ0) is 33.4. The fraction of sp³-hybridized carbons (Fsp3) is 0.0968. The van der Waals surface area contributed by atoms with Crippen molar-refractivity contribution >= 4 is 23.8 Å². The summed E-state index contributed by atoms with van der Waals surface area (Å²) < 4.78 is 121. The van der Waals surface area contributed by atoms with Crippen LogP contribution < -0.4 is 4.74 Å². The average Bonchev–Trinajstić information content (AvgIpc) is 3.03. The fourth-order valence-electron chi connectivity index (χ4n) is 2.89. The Labute approximate surface area is 248 Å². The van der Waals surface area contributed by atoms with Crippen LogP contribution in [0.1, 0.15) is 23.6 Å². The maximum Gasteiger partial charge on any atom is 0.203 e. The highest BCUT2D eigenvalue weighted by Gasteiger charge is 2.20. The van der Waals surface area contributed by atoms with E-state index in [0.717, 1.165) is 16.7 Å². The summed E-state index contributed by atoms with van der Waals surface area (Å²) in [6.07, 6.45) is 3.45. The normalized spacial score (nSPS) is 10.0. The van der Waals surface area contributed by atoms with Crippen LogP contribution in [0.2, 0.25) is 0 Å². The number of phenols is 1. The van der Waals surface area contributed by atoms with Crippen molar-refractivity contribution in [1.82, 2.24) is 0 Å². The molecule has 12 heteroatoms. The van der Waals surface area contributed by atoms with E-state index in [9.17, 15) is 39.5 Å². The Morgan fingerprint density at radius 3 is 1.40 bits per heavy atom. The van der Waals surface area contributed by atoms with Gasteiger partial charge in [0.25, 0.3) is 0 Å². The van der Waals surface area contributed by atoms with Crippen LogP contribution in [-0.4, -0.2) is 12.3 Å². The van der Waals surface area contributed by atoms with Crippen molar-refractivity contribution in [2.45, 2.75) is 12.5 Å². The molecule has 0 atom stereocenters. The van der Waals surface area contributed by atoms with Crippen LogP contribution in [0.4, 0.5) is 39.5 Å². The van der Waals surface area contributed by atoms with Crippen molar-refractivity contribution in [1.29, 1.82) is 0 Å². The van der Waals surface area contributed by atoms with E-state index in [1.54, 1.807) is 30.3 Å². The van der Waals surface area contributed by atoms with Gasteiger partial charge < -0.3 is 9.84 Å². The minimum absolute atomic E-state index is 0.0182. The maximum absolute atomic E-state index is 13.3. The molecule has 0 aliphatic heterocycles. The highest BCUT2D eigenvalue weighted by Crippen LogP contribution is 2.27. The number of hydrogen-bond donors (Lipinski definition) is 1. The van der Waals surface area contributed by atoms with Crippen LogP contribution in [0.15, 0.2) is 73.8 Å². The number of benzene rings is 4. The number of hydrogen-bond acceptors (Lipinski definition) is 2. The number of halogens is 10. The lowest BCUT2D eigenvalue weighted by Crippen LogP contribution is -2.03. The third-order valence-corrected chi connectivity index (χ3v) is 5.44. The number of alkyl halides is 2. The predicted molar refractivity (Wildman–Crippen MR) is 148 cm³/mol. The largest absolute Gasteiger partial charge is 0.503 e. The molecule has 4 aromatic rings. The van der Waals surface area contributed by atoms with Crippen molar-refractivity contribution in [2.75, 3.05) is 7.15 Å². The minimum Gasteiger partial charge on any atom is -0.503 e. The third-order valence-electron chi connectivity index (χ3n) is 5.13. The highest BCUT2D eigenvalue weighted by molar-refractivity contribution is 6.17. The lowest BCUT2D eigenvalue weighted by atomic mass is 10.1. The van der Waals surface area contributed by atoms with Crippen LogP contribution >= 0.6 is 11.6 Å². The molecule has 0 bridgehead atoms. The second kappa shape index (κ2) is 18.2. The van der Waals surface area contributed by atoms with Gasteiger partial charge in [-0.25, -0.2) is 17.6 Å². The molecule has 0 aliphatic carbocycles. The number of rotatable bonds is 6. The first-order valence-electron chi connectivity index (χ1n) is 12.4. The minimum atomic E-state index is -1.79. The summed E-state index contributed by atoms with van der Waals surface area (Å²) in [5.74, 6) is -15.0. The summed E-state index contributed by atoms with van der Waals surface area (Å²) in [5.41, 5.74) is 3.74. The Balaban J connectivity index is 0.000000341. The average molecular weight is 636 g/mol. The monoisotopic (exact) mass is 635 g/mol. The first-order valence-corrected chi connectivity index (χ1v) is 12.2. The molecule has 0 radical (unpaired) electrons. The molecule has 0 heterocycles. The summed E-state index contributed by atoms with van der Waals surface area (Å²) in [6.45, 7) is 7.02. The summed E-state index contributed by atoms with van der Waals surface area (Å²) >= 11 is 5.60. The van der Waals surface area contributed by atoms with E-state index < -0.39 is 65.2 Å². The summed E-state index contributed by atoms with van der Waals surface area (Å²) in [6, 6.07) is 14.9. The van der Waals surface area contributed by atoms with Gasteiger partial charge in [0.2, 0.25) is 23.3 Å². The Morgan fingerprint density at radius 2 is 1.05 bits per heavy atom. The van der Waals surface area contributed by atoms with Gasteiger partial charge in [0, 0.05) is 18.0 Å². The smallest absolute Gasteiger partial charge is 0.203 e. The van der Waals surface area contributed by atoms with E-state index in [1.165, 1.54) is 0 Å². The Bertz CT molecular complexity index is 1460. The van der Waals surface area contributed by atoms with Crippen LogP contribution in [0.3, 0.4) is 0 Å². The van der Waals surface area contributed by atoms with Crippen molar-refractivity contribution in [2.24, 2.45) is 0 Å². The SMILES string of the molecule is C=Cc1ccc(CCl)cc1.C=Cc1ccc(COc2c(F)c(F)cc(F)c2F)cc1.Oc1c(F)c(F)cc(F)c1F.[2H]CF. The molecule has 0 saturated heterocycles. The van der Waals surface area contributed by atoms with Crippen molar-refractivity contribution in [3.8, 4) is 11.5 Å². The van der Waals surface area contributed by atoms with Crippen LogP contribution in [0, 0.1) is 46.5 Å². The third kappa shape index (κ3) is 10.8. The molecular formula is C31H24ClF9O2. The number of aromatic hydroxyl groups is 1. The summed E-state index contributed by atoms with van der Waals surface area (Å²) in [5, 5.41) is 8.34. The molecule has 0 spiro atoms. The highest BCUT2D eigenvalue weighted by atomic mass is 35.5. The maximum atomic E-state index is 13.3. The van der Waals surface area contributed by atoms with Gasteiger partial charge in [-0.2, -0.15) is 17.6 Å². The van der Waals surface area contributed by atoms with Gasteiger partial charge in [-0.1, -0.05) is 73.8 Å². The molecule has 0 aromatic heterocycles. The van der Waals surface area contributed by atoms with Crippen molar-refractivity contribution in [3.05, 3.63) is 143 Å². The lowest BCUT2D eigenvalue weighted by Gasteiger charge is -2.09. The van der Waals surface area contributed by atoms with Gasteiger partial charge in [0.1, 0.15) is 6.61 Å². The van der Waals surface area contributed by atoms with Gasteiger partial charge in [-0.05, 0) is 22.3 Å². The van der Waals surface area contributed by atoms with Crippen LogP contribution in [-0.2, 0) is 12.5 Å². The molecule has 1 N–H and O–H groups in total. The molecule has 230 valence electrons. The first-order chi connectivity index (χ1) is 20.8. The second-order valence-corrected chi connectivity index (χ2v) is 8.20. The van der Waals surface area contributed by atoms with E-state index in [2.05, 4.69) is 13.2 Å². The molecule has 0 fully saturated rings. The van der Waals surface area contributed by atoms with Gasteiger partial charge in [-0.3, -0.25) is 4.39 Å². The van der Waals surface area contributed by atoms with Crippen molar-refractivity contribution < 1.29 is 50.7 Å². The van der Waals surface area contributed by atoms with E-state index in [1.807, 2.05) is 30.3 Å². The van der Waals surface area contributed by atoms with Crippen LogP contribution in [0.5, 0.6) is 11.5 Å². The molecule has 0 aliphatic rings. The quantitative estimate of drug-likeness (QED) is 0.130. The molecule has 0 amide bonds.